The molecule has 1 aliphatic heterocycles. The number of carbonyl (C=O) groups is 2. The fourth-order valence-electron chi connectivity index (χ4n) is 8.27. The van der Waals surface area contributed by atoms with Crippen LogP contribution in [0.2, 0.25) is 0 Å². The molecule has 1 fully saturated rings. The molecule has 0 radical (unpaired) electrons. The lowest BCUT2D eigenvalue weighted by Crippen LogP contribution is -2.61. The van der Waals surface area contributed by atoms with Crippen LogP contribution in [0.5, 0.6) is 5.75 Å². The maximum Gasteiger partial charge on any atom is 0.407 e. The van der Waals surface area contributed by atoms with Crippen molar-refractivity contribution in [3.8, 4) is 5.75 Å². The monoisotopic (exact) mass is 742 g/mol. The van der Waals surface area contributed by atoms with E-state index < -0.39 is 41.9 Å². The lowest BCUT2D eigenvalue weighted by atomic mass is 9.79. The van der Waals surface area contributed by atoms with Gasteiger partial charge in [0.2, 0.25) is 5.91 Å². The predicted molar refractivity (Wildman–Crippen MR) is 212 cm³/mol. The Kier molecular flexibility index (Phi) is 13.5. The largest absolute Gasteiger partial charge is 0.492 e. The predicted octanol–water partition coefficient (Wildman–Crippen LogP) is 5.78. The SMILES string of the molecule is CC1(C)CC(NCCOc2ccc(C[C@H](C[C@H](O)[C@H](Cc3ccccc3)NC(=O)OC(C)(C)C)C(=O)N[C@H]3c4ccccc4C[C@H]3O)cc2)CC(C)(C)N1. The summed E-state index contributed by atoms with van der Waals surface area (Å²) in [5.74, 6) is -0.211. The number of amides is 2. The molecule has 10 nitrogen and oxygen atoms in total. The van der Waals surface area contributed by atoms with Gasteiger partial charge in [0.25, 0.3) is 0 Å². The van der Waals surface area contributed by atoms with Gasteiger partial charge in [0, 0.05) is 36.0 Å². The van der Waals surface area contributed by atoms with Crippen molar-refractivity contribution in [1.29, 1.82) is 0 Å². The number of aliphatic hydroxyl groups is 2. The summed E-state index contributed by atoms with van der Waals surface area (Å²) in [6.07, 6.45) is 0.824. The van der Waals surface area contributed by atoms with Crippen LogP contribution in [0.15, 0.2) is 78.9 Å². The van der Waals surface area contributed by atoms with E-state index in [9.17, 15) is 19.8 Å². The third-order valence-corrected chi connectivity index (χ3v) is 10.3. The Hall–Kier alpha value is -3.96. The Balaban J connectivity index is 1.27. The molecule has 6 N–H and O–H groups in total. The first-order chi connectivity index (χ1) is 25.5. The molecular formula is C44H62N4O6. The van der Waals surface area contributed by atoms with Crippen LogP contribution in [0, 0.1) is 5.92 Å². The second-order valence-corrected chi connectivity index (χ2v) is 17.5. The maximum absolute atomic E-state index is 14.2. The highest BCUT2D eigenvalue weighted by molar-refractivity contribution is 5.80. The number of nitrogens with one attached hydrogen (secondary N) is 4. The lowest BCUT2D eigenvalue weighted by molar-refractivity contribution is -0.127. The minimum Gasteiger partial charge on any atom is -0.492 e. The highest BCUT2D eigenvalue weighted by atomic mass is 16.6. The summed E-state index contributed by atoms with van der Waals surface area (Å²) in [6.45, 7) is 15.6. The summed E-state index contributed by atoms with van der Waals surface area (Å²) in [4.78, 5) is 27.1. The molecule has 5 rings (SSSR count). The molecule has 1 aliphatic carbocycles. The van der Waals surface area contributed by atoms with E-state index in [1.165, 1.54) is 0 Å². The van der Waals surface area contributed by atoms with E-state index in [0.717, 1.165) is 47.4 Å². The zero-order chi connectivity index (χ0) is 39.1. The highest BCUT2D eigenvalue weighted by Gasteiger charge is 2.38. The molecule has 2 amide bonds. The van der Waals surface area contributed by atoms with Gasteiger partial charge in [-0.1, -0.05) is 66.7 Å². The third-order valence-electron chi connectivity index (χ3n) is 10.3. The number of piperidine rings is 1. The lowest BCUT2D eigenvalue weighted by Gasteiger charge is -2.46. The van der Waals surface area contributed by atoms with Crippen molar-refractivity contribution in [3.05, 3.63) is 101 Å². The molecule has 0 bridgehead atoms. The molecule has 1 saturated heterocycles. The van der Waals surface area contributed by atoms with Crippen LogP contribution < -0.4 is 26.0 Å². The summed E-state index contributed by atoms with van der Waals surface area (Å²) in [6, 6.07) is 24.2. The summed E-state index contributed by atoms with van der Waals surface area (Å²) in [5, 5.41) is 36.1. The molecule has 3 aromatic rings. The fraction of sp³-hybridized carbons (Fsp3) is 0.545. The first kappa shape index (κ1) is 41.2. The zero-order valence-corrected chi connectivity index (χ0v) is 33.2. The third kappa shape index (κ3) is 12.3. The van der Waals surface area contributed by atoms with Crippen molar-refractivity contribution in [2.24, 2.45) is 5.92 Å². The molecule has 5 atom stereocenters. The van der Waals surface area contributed by atoms with Gasteiger partial charge in [0.1, 0.15) is 18.0 Å². The molecular weight excluding hydrogens is 681 g/mol. The Morgan fingerprint density at radius 1 is 0.889 bits per heavy atom. The summed E-state index contributed by atoms with van der Waals surface area (Å²) in [5.41, 5.74) is 3.15. The van der Waals surface area contributed by atoms with Gasteiger partial charge in [-0.05, 0) is 115 Å². The topological polar surface area (TPSA) is 141 Å². The van der Waals surface area contributed by atoms with Crippen molar-refractivity contribution < 1.29 is 29.3 Å². The number of alkyl carbamates (subject to hydrolysis) is 1. The summed E-state index contributed by atoms with van der Waals surface area (Å²) < 4.78 is 11.6. The van der Waals surface area contributed by atoms with E-state index in [2.05, 4.69) is 49.0 Å². The average molecular weight is 743 g/mol. The molecule has 1 heterocycles. The Bertz CT molecular complexity index is 1660. The zero-order valence-electron chi connectivity index (χ0n) is 33.2. The van der Waals surface area contributed by atoms with Crippen molar-refractivity contribution in [1.82, 2.24) is 21.3 Å². The van der Waals surface area contributed by atoms with E-state index in [1.807, 2.05) is 78.9 Å². The van der Waals surface area contributed by atoms with Crippen LogP contribution >= 0.6 is 0 Å². The Morgan fingerprint density at radius 3 is 2.19 bits per heavy atom. The average Bonchev–Trinajstić information content (AvgIpc) is 3.39. The first-order valence-electron chi connectivity index (χ1n) is 19.5. The van der Waals surface area contributed by atoms with Gasteiger partial charge in [-0.2, -0.15) is 0 Å². The van der Waals surface area contributed by atoms with E-state index in [1.54, 1.807) is 20.8 Å². The van der Waals surface area contributed by atoms with Crippen LogP contribution in [0.25, 0.3) is 0 Å². The number of aliphatic hydroxyl groups excluding tert-OH is 2. The van der Waals surface area contributed by atoms with Crippen LogP contribution in [0.1, 0.15) is 96.0 Å². The van der Waals surface area contributed by atoms with E-state index in [4.69, 9.17) is 9.47 Å². The second-order valence-electron chi connectivity index (χ2n) is 17.5. The molecule has 3 aromatic carbocycles. The number of carbonyl (C=O) groups excluding carboxylic acids is 2. The second kappa shape index (κ2) is 17.7. The normalized spacial score (nSPS) is 21.0. The van der Waals surface area contributed by atoms with Crippen molar-refractivity contribution >= 4 is 12.0 Å². The number of fused-ring (bicyclic) bond motifs is 1. The van der Waals surface area contributed by atoms with Gasteiger partial charge in [-0.25, -0.2) is 4.79 Å². The minimum absolute atomic E-state index is 0.0673. The molecule has 0 spiro atoms. The first-order valence-corrected chi connectivity index (χ1v) is 19.5. The Labute approximate surface area is 321 Å². The standard InChI is InChI=1S/C44H62N4O6/c1-42(2,3)54-41(52)46-36(24-29-13-9-8-10-14-29)37(49)26-32(40(51)47-39-35-16-12-11-15-31(35)25-38(39)50)23-30-17-19-34(20-18-30)53-22-21-45-33-27-43(4,5)48-44(6,7)28-33/h8-20,32-33,36-39,45,48-50H,21-28H2,1-7H3,(H,46,52)(H,47,51)/t32-,36+,37+,38-,39+/m1/s1. The number of benzene rings is 3. The van der Waals surface area contributed by atoms with E-state index >= 15 is 0 Å². The number of ether oxygens (including phenoxy) is 2. The number of hydrogen-bond acceptors (Lipinski definition) is 8. The molecule has 10 heteroatoms. The number of hydrogen-bond donors (Lipinski definition) is 6. The molecule has 2 aliphatic rings. The molecule has 54 heavy (non-hydrogen) atoms. The quantitative estimate of drug-likeness (QED) is 0.108. The van der Waals surface area contributed by atoms with Gasteiger partial charge in [0.05, 0.1) is 24.3 Å². The van der Waals surface area contributed by atoms with Gasteiger partial charge < -0.3 is 41.0 Å². The van der Waals surface area contributed by atoms with Crippen molar-refractivity contribution in [2.45, 2.75) is 134 Å². The Morgan fingerprint density at radius 2 is 1.52 bits per heavy atom. The van der Waals surface area contributed by atoms with Crippen LogP contribution in [-0.4, -0.2) is 76.3 Å². The summed E-state index contributed by atoms with van der Waals surface area (Å²) >= 11 is 0. The summed E-state index contributed by atoms with van der Waals surface area (Å²) in [7, 11) is 0. The van der Waals surface area contributed by atoms with Gasteiger partial charge >= 0.3 is 6.09 Å². The number of rotatable bonds is 15. The minimum atomic E-state index is -1.08. The van der Waals surface area contributed by atoms with Crippen molar-refractivity contribution in [3.63, 3.8) is 0 Å². The van der Waals surface area contributed by atoms with Crippen LogP contribution in [0.3, 0.4) is 0 Å². The molecule has 0 aromatic heterocycles. The highest BCUT2D eigenvalue weighted by Crippen LogP contribution is 2.32. The van der Waals surface area contributed by atoms with E-state index in [-0.39, 0.29) is 23.4 Å². The van der Waals surface area contributed by atoms with Gasteiger partial charge in [0.15, 0.2) is 0 Å². The van der Waals surface area contributed by atoms with Crippen LogP contribution in [-0.2, 0) is 28.8 Å². The van der Waals surface area contributed by atoms with Gasteiger partial charge in [-0.15, -0.1) is 0 Å². The molecule has 0 saturated carbocycles. The van der Waals surface area contributed by atoms with Gasteiger partial charge in [-0.3, -0.25) is 4.79 Å². The van der Waals surface area contributed by atoms with Crippen LogP contribution in [0.4, 0.5) is 4.79 Å². The van der Waals surface area contributed by atoms with E-state index in [0.29, 0.717) is 31.9 Å². The molecule has 294 valence electrons. The van der Waals surface area contributed by atoms with Crippen molar-refractivity contribution in [2.75, 3.05) is 13.2 Å². The maximum atomic E-state index is 14.2. The molecule has 0 unspecified atom stereocenters. The smallest absolute Gasteiger partial charge is 0.407 e. The fourth-order valence-corrected chi connectivity index (χ4v) is 8.27.